The minimum Gasteiger partial charge on any atom is -0.385 e. The molecule has 2 aliphatic rings. The first-order valence-electron chi connectivity index (χ1n) is 12.2. The molecule has 0 bridgehead atoms. The molecule has 1 N–H and O–H groups in total. The van der Waals surface area contributed by atoms with Crippen molar-refractivity contribution in [3.8, 4) is 0 Å². The Balaban J connectivity index is 1.55. The Morgan fingerprint density at radius 2 is 2.03 bits per heavy atom. The number of aromatic nitrogens is 1. The highest BCUT2D eigenvalue weighted by Crippen LogP contribution is 2.36. The van der Waals surface area contributed by atoms with Crippen molar-refractivity contribution in [2.75, 3.05) is 26.8 Å². The van der Waals surface area contributed by atoms with Gasteiger partial charge in [-0.25, -0.2) is 0 Å². The lowest BCUT2D eigenvalue weighted by Gasteiger charge is -2.36. The van der Waals surface area contributed by atoms with E-state index in [-0.39, 0.29) is 23.3 Å². The molecular weight excluding hydrogens is 414 g/mol. The number of piperidine rings is 1. The molecule has 2 fully saturated rings. The van der Waals surface area contributed by atoms with E-state index >= 15 is 0 Å². The standard InChI is InChI=1S/C27H37N3O3/c1-19-6-7-20(5-4-14-33-3)15-22(19)18-30(23-8-9-23)27(32)25-17-28-12-10-24(25)21-11-13-29(2)26(31)16-21/h6-7,11,13,15-16,23-25,28H,4-5,8-10,12,14,17-18H2,1-3H3/t24-,25?/m1/s1. The number of hydrogen-bond donors (Lipinski definition) is 1. The van der Waals surface area contributed by atoms with Crippen LogP contribution in [0.15, 0.2) is 41.3 Å². The maximum atomic E-state index is 13.9. The zero-order valence-corrected chi connectivity index (χ0v) is 20.2. The summed E-state index contributed by atoms with van der Waals surface area (Å²) in [6.07, 6.45) is 6.82. The normalized spacial score (nSPS) is 20.6. The predicted molar refractivity (Wildman–Crippen MR) is 130 cm³/mol. The van der Waals surface area contributed by atoms with Crippen LogP contribution >= 0.6 is 0 Å². The van der Waals surface area contributed by atoms with Crippen molar-refractivity contribution in [2.24, 2.45) is 13.0 Å². The summed E-state index contributed by atoms with van der Waals surface area (Å²) in [7, 11) is 3.50. The van der Waals surface area contributed by atoms with Gasteiger partial charge in [0.15, 0.2) is 0 Å². The number of nitrogens with zero attached hydrogens (tertiary/aromatic N) is 2. The van der Waals surface area contributed by atoms with Crippen molar-refractivity contribution in [1.29, 1.82) is 0 Å². The molecule has 2 heterocycles. The molecule has 1 aromatic carbocycles. The number of methoxy groups -OCH3 is 1. The maximum Gasteiger partial charge on any atom is 0.250 e. The lowest BCUT2D eigenvalue weighted by molar-refractivity contribution is -0.138. The molecule has 2 aromatic rings. The highest BCUT2D eigenvalue weighted by molar-refractivity contribution is 5.81. The van der Waals surface area contributed by atoms with Crippen LogP contribution < -0.4 is 10.9 Å². The van der Waals surface area contributed by atoms with Crippen molar-refractivity contribution in [3.63, 3.8) is 0 Å². The van der Waals surface area contributed by atoms with Crippen molar-refractivity contribution in [3.05, 3.63) is 69.1 Å². The molecule has 0 spiro atoms. The van der Waals surface area contributed by atoms with E-state index in [4.69, 9.17) is 4.74 Å². The largest absolute Gasteiger partial charge is 0.385 e. The molecule has 6 nitrogen and oxygen atoms in total. The molecule has 178 valence electrons. The average molecular weight is 452 g/mol. The van der Waals surface area contributed by atoms with E-state index in [1.54, 1.807) is 24.8 Å². The van der Waals surface area contributed by atoms with Gasteiger partial charge >= 0.3 is 0 Å². The van der Waals surface area contributed by atoms with Gasteiger partial charge in [0, 0.05) is 52.2 Å². The first-order valence-corrected chi connectivity index (χ1v) is 12.2. The van der Waals surface area contributed by atoms with Crippen LogP contribution in [0.5, 0.6) is 0 Å². The van der Waals surface area contributed by atoms with E-state index in [0.29, 0.717) is 19.1 Å². The second kappa shape index (κ2) is 10.7. The molecule has 1 saturated heterocycles. The monoisotopic (exact) mass is 451 g/mol. The molecule has 0 radical (unpaired) electrons. The number of rotatable bonds is 9. The Morgan fingerprint density at radius 1 is 1.21 bits per heavy atom. The summed E-state index contributed by atoms with van der Waals surface area (Å²) in [5, 5.41) is 3.43. The second-order valence-electron chi connectivity index (χ2n) is 9.67. The Morgan fingerprint density at radius 3 is 2.76 bits per heavy atom. The summed E-state index contributed by atoms with van der Waals surface area (Å²) in [6.45, 7) is 5.09. The van der Waals surface area contributed by atoms with Gasteiger partial charge in [-0.3, -0.25) is 9.59 Å². The van der Waals surface area contributed by atoms with Crippen LogP contribution in [0.2, 0.25) is 0 Å². The van der Waals surface area contributed by atoms with Crippen LogP contribution in [-0.4, -0.2) is 48.2 Å². The first-order chi connectivity index (χ1) is 16.0. The molecule has 1 unspecified atom stereocenters. The summed E-state index contributed by atoms with van der Waals surface area (Å²) < 4.78 is 6.78. The van der Waals surface area contributed by atoms with E-state index in [9.17, 15) is 9.59 Å². The quantitative estimate of drug-likeness (QED) is 0.595. The van der Waals surface area contributed by atoms with Gasteiger partial charge in [-0.05, 0) is 79.8 Å². The molecule has 1 aliphatic heterocycles. The minimum atomic E-state index is -0.142. The van der Waals surface area contributed by atoms with Crippen LogP contribution in [0.4, 0.5) is 0 Å². The van der Waals surface area contributed by atoms with Gasteiger partial charge in [0.1, 0.15) is 0 Å². The summed E-state index contributed by atoms with van der Waals surface area (Å²) in [4.78, 5) is 28.3. The minimum absolute atomic E-state index is 0.0165. The van der Waals surface area contributed by atoms with Crippen LogP contribution in [-0.2, 0) is 29.5 Å². The van der Waals surface area contributed by atoms with E-state index < -0.39 is 0 Å². The fourth-order valence-corrected chi connectivity index (χ4v) is 4.95. The van der Waals surface area contributed by atoms with Gasteiger partial charge in [-0.1, -0.05) is 18.2 Å². The number of ether oxygens (including phenoxy) is 1. The molecule has 1 aliphatic carbocycles. The topological polar surface area (TPSA) is 63.6 Å². The Hall–Kier alpha value is -2.44. The van der Waals surface area contributed by atoms with Gasteiger partial charge in [-0.15, -0.1) is 0 Å². The SMILES string of the molecule is COCCCc1ccc(C)c(CN(C(=O)C2CNCC[C@@H]2c2ccn(C)c(=O)c2)C2CC2)c1. The summed E-state index contributed by atoms with van der Waals surface area (Å²) in [5.41, 5.74) is 4.74. The zero-order chi connectivity index (χ0) is 23.4. The van der Waals surface area contributed by atoms with Crippen molar-refractivity contribution in [2.45, 2.75) is 57.5 Å². The van der Waals surface area contributed by atoms with Crippen molar-refractivity contribution >= 4 is 5.91 Å². The van der Waals surface area contributed by atoms with E-state index in [0.717, 1.165) is 50.8 Å². The Bertz CT molecular complexity index is 1030. The number of nitrogens with one attached hydrogen (secondary N) is 1. The van der Waals surface area contributed by atoms with E-state index in [1.165, 1.54) is 16.7 Å². The van der Waals surface area contributed by atoms with Gasteiger partial charge in [0.25, 0.3) is 5.56 Å². The molecule has 1 amide bonds. The smallest absolute Gasteiger partial charge is 0.250 e. The zero-order valence-electron chi connectivity index (χ0n) is 20.2. The average Bonchev–Trinajstić information content (AvgIpc) is 3.66. The fraction of sp³-hybridized carbons (Fsp3) is 0.556. The third-order valence-corrected chi connectivity index (χ3v) is 7.19. The summed E-state index contributed by atoms with van der Waals surface area (Å²) in [6, 6.07) is 10.7. The van der Waals surface area contributed by atoms with Gasteiger partial charge < -0.3 is 19.5 Å². The summed E-state index contributed by atoms with van der Waals surface area (Å²) in [5.74, 6) is 0.159. The van der Waals surface area contributed by atoms with Crippen molar-refractivity contribution in [1.82, 2.24) is 14.8 Å². The number of amides is 1. The predicted octanol–water partition coefficient (Wildman–Crippen LogP) is 3.16. The molecule has 1 aromatic heterocycles. The second-order valence-corrected chi connectivity index (χ2v) is 9.67. The molecule has 1 saturated carbocycles. The number of aryl methyl sites for hydroxylation is 3. The third kappa shape index (κ3) is 5.74. The van der Waals surface area contributed by atoms with Gasteiger partial charge in [0.2, 0.25) is 5.91 Å². The number of hydrogen-bond acceptors (Lipinski definition) is 4. The van der Waals surface area contributed by atoms with Crippen molar-refractivity contribution < 1.29 is 9.53 Å². The number of carbonyl (C=O) groups excluding carboxylic acids is 1. The first kappa shape index (κ1) is 23.7. The lowest BCUT2D eigenvalue weighted by Crippen LogP contribution is -2.47. The lowest BCUT2D eigenvalue weighted by atomic mass is 9.80. The highest BCUT2D eigenvalue weighted by atomic mass is 16.5. The fourth-order valence-electron chi connectivity index (χ4n) is 4.95. The Labute approximate surface area is 196 Å². The van der Waals surface area contributed by atoms with Crippen LogP contribution in [0.3, 0.4) is 0 Å². The molecule has 4 rings (SSSR count). The van der Waals surface area contributed by atoms with Crippen LogP contribution in [0.1, 0.15) is 53.9 Å². The molecule has 6 heteroatoms. The molecule has 2 atom stereocenters. The highest BCUT2D eigenvalue weighted by Gasteiger charge is 2.40. The number of benzene rings is 1. The number of carbonyl (C=O) groups is 1. The van der Waals surface area contributed by atoms with Gasteiger partial charge in [-0.2, -0.15) is 0 Å². The molecule has 33 heavy (non-hydrogen) atoms. The summed E-state index contributed by atoms with van der Waals surface area (Å²) >= 11 is 0. The van der Waals surface area contributed by atoms with Crippen LogP contribution in [0.25, 0.3) is 0 Å². The van der Waals surface area contributed by atoms with Crippen LogP contribution in [0, 0.1) is 12.8 Å². The van der Waals surface area contributed by atoms with E-state index in [2.05, 4.69) is 35.3 Å². The Kier molecular flexibility index (Phi) is 7.66. The van der Waals surface area contributed by atoms with E-state index in [1.807, 2.05) is 12.3 Å². The number of pyridine rings is 1. The molecular formula is C27H37N3O3. The maximum absolute atomic E-state index is 13.9. The van der Waals surface area contributed by atoms with Gasteiger partial charge in [0.05, 0.1) is 5.92 Å². The third-order valence-electron chi connectivity index (χ3n) is 7.19.